The molecule has 2 rings (SSSR count). The lowest BCUT2D eigenvalue weighted by molar-refractivity contribution is -0.157. The summed E-state index contributed by atoms with van der Waals surface area (Å²) in [7, 11) is 0. The Morgan fingerprint density at radius 2 is 1.58 bits per heavy atom. The molecule has 0 bridgehead atoms. The number of Topliss-reactive ketones (excluding diaryl/α,β-unsaturated/α-hetero) is 1. The van der Waals surface area contributed by atoms with Gasteiger partial charge in [0.25, 0.3) is 0 Å². The number of ketones is 1. The monoisotopic (exact) mass is 266 g/mol. The van der Waals surface area contributed by atoms with Gasteiger partial charge in [-0.05, 0) is 46.0 Å². The minimum atomic E-state index is -0.451. The summed E-state index contributed by atoms with van der Waals surface area (Å²) in [5.41, 5.74) is -0.451. The molecule has 0 aromatic heterocycles. The van der Waals surface area contributed by atoms with Crippen LogP contribution in [0.3, 0.4) is 0 Å². The zero-order valence-corrected chi connectivity index (χ0v) is 12.6. The second kappa shape index (κ2) is 5.26. The Morgan fingerprint density at radius 1 is 1.00 bits per heavy atom. The minimum absolute atomic E-state index is 0.0479. The van der Waals surface area contributed by atoms with Gasteiger partial charge in [0.05, 0.1) is 5.92 Å². The van der Waals surface area contributed by atoms with Crippen LogP contribution in [0.15, 0.2) is 0 Å². The molecule has 0 radical (unpaired) electrons. The summed E-state index contributed by atoms with van der Waals surface area (Å²) in [5.74, 6) is 0.885. The Bertz CT molecular complexity index is 359. The van der Waals surface area contributed by atoms with E-state index in [1.54, 1.807) is 0 Å². The molecule has 0 saturated heterocycles. The van der Waals surface area contributed by atoms with Crippen LogP contribution in [0.2, 0.25) is 0 Å². The van der Waals surface area contributed by atoms with Crippen LogP contribution in [-0.2, 0) is 14.3 Å². The van der Waals surface area contributed by atoms with Gasteiger partial charge in [-0.1, -0.05) is 19.8 Å². The predicted molar refractivity (Wildman–Crippen MR) is 73.6 cm³/mol. The van der Waals surface area contributed by atoms with Crippen LogP contribution in [0.1, 0.15) is 59.8 Å². The molecule has 0 N–H and O–H groups in total. The van der Waals surface area contributed by atoms with Gasteiger partial charge in [-0.3, -0.25) is 9.59 Å². The lowest BCUT2D eigenvalue weighted by atomic mass is 9.79. The van der Waals surface area contributed by atoms with Crippen molar-refractivity contribution >= 4 is 11.8 Å². The first-order valence-corrected chi connectivity index (χ1v) is 7.54. The molecule has 0 spiro atoms. The lowest BCUT2D eigenvalue weighted by Gasteiger charge is -2.25. The van der Waals surface area contributed by atoms with E-state index in [9.17, 15) is 9.59 Å². The maximum Gasteiger partial charge on any atom is 0.310 e. The van der Waals surface area contributed by atoms with Crippen molar-refractivity contribution in [2.24, 2.45) is 23.7 Å². The van der Waals surface area contributed by atoms with Crippen molar-refractivity contribution in [2.75, 3.05) is 0 Å². The molecule has 2 fully saturated rings. The molecule has 3 heteroatoms. The SMILES string of the molecule is CC1CCC(C(=O)[C@@H]2C[C@H]2C(=O)OC(C)(C)C)CC1. The van der Waals surface area contributed by atoms with E-state index in [-0.39, 0.29) is 23.7 Å². The third-order valence-corrected chi connectivity index (χ3v) is 4.28. The number of hydrogen-bond donors (Lipinski definition) is 0. The van der Waals surface area contributed by atoms with Crippen LogP contribution in [-0.4, -0.2) is 17.4 Å². The van der Waals surface area contributed by atoms with Crippen LogP contribution >= 0.6 is 0 Å². The van der Waals surface area contributed by atoms with Gasteiger partial charge in [0, 0.05) is 11.8 Å². The summed E-state index contributed by atoms with van der Waals surface area (Å²) in [6.45, 7) is 7.85. The quantitative estimate of drug-likeness (QED) is 0.736. The van der Waals surface area contributed by atoms with Gasteiger partial charge in [0.2, 0.25) is 0 Å². The number of rotatable bonds is 3. The second-order valence-electron chi connectivity index (χ2n) is 7.34. The first kappa shape index (κ1) is 14.5. The molecule has 0 aromatic rings. The van der Waals surface area contributed by atoms with E-state index in [1.165, 1.54) is 0 Å². The fourth-order valence-corrected chi connectivity index (χ4v) is 2.99. The number of carbonyl (C=O) groups excluding carboxylic acids is 2. The van der Waals surface area contributed by atoms with Crippen molar-refractivity contribution in [3.63, 3.8) is 0 Å². The summed E-state index contributed by atoms with van der Waals surface area (Å²) >= 11 is 0. The highest BCUT2D eigenvalue weighted by Crippen LogP contribution is 2.45. The van der Waals surface area contributed by atoms with Crippen LogP contribution in [0.5, 0.6) is 0 Å². The van der Waals surface area contributed by atoms with Gasteiger partial charge in [-0.25, -0.2) is 0 Å². The fourth-order valence-electron chi connectivity index (χ4n) is 2.99. The molecular formula is C16H26O3. The van der Waals surface area contributed by atoms with E-state index >= 15 is 0 Å². The summed E-state index contributed by atoms with van der Waals surface area (Å²) < 4.78 is 5.36. The summed E-state index contributed by atoms with van der Waals surface area (Å²) in [6, 6.07) is 0. The molecule has 0 heterocycles. The van der Waals surface area contributed by atoms with Crippen molar-refractivity contribution < 1.29 is 14.3 Å². The van der Waals surface area contributed by atoms with Gasteiger partial charge in [-0.15, -0.1) is 0 Å². The van der Waals surface area contributed by atoms with Crippen LogP contribution in [0.4, 0.5) is 0 Å². The number of carbonyl (C=O) groups is 2. The van der Waals surface area contributed by atoms with E-state index in [0.717, 1.165) is 31.6 Å². The first-order chi connectivity index (χ1) is 8.78. The molecule has 0 unspecified atom stereocenters. The molecule has 2 aliphatic rings. The second-order valence-corrected chi connectivity index (χ2v) is 7.34. The maximum atomic E-state index is 12.3. The first-order valence-electron chi connectivity index (χ1n) is 7.54. The highest BCUT2D eigenvalue weighted by molar-refractivity contribution is 5.92. The van der Waals surface area contributed by atoms with Crippen molar-refractivity contribution in [1.29, 1.82) is 0 Å². The van der Waals surface area contributed by atoms with E-state index in [1.807, 2.05) is 20.8 Å². The zero-order valence-electron chi connectivity index (χ0n) is 12.6. The minimum Gasteiger partial charge on any atom is -0.460 e. The molecule has 2 saturated carbocycles. The average Bonchev–Trinajstić information content (AvgIpc) is 3.06. The molecule has 108 valence electrons. The highest BCUT2D eigenvalue weighted by Gasteiger charge is 2.51. The maximum absolute atomic E-state index is 12.3. The largest absolute Gasteiger partial charge is 0.460 e. The molecule has 2 aliphatic carbocycles. The Balaban J connectivity index is 1.82. The van der Waals surface area contributed by atoms with E-state index < -0.39 is 5.60 Å². The van der Waals surface area contributed by atoms with Gasteiger partial charge in [0.15, 0.2) is 0 Å². The molecular weight excluding hydrogens is 240 g/mol. The van der Waals surface area contributed by atoms with Crippen LogP contribution in [0.25, 0.3) is 0 Å². The molecule has 19 heavy (non-hydrogen) atoms. The average molecular weight is 266 g/mol. The summed E-state index contributed by atoms with van der Waals surface area (Å²) in [6.07, 6.45) is 5.04. The topological polar surface area (TPSA) is 43.4 Å². The molecule has 3 nitrogen and oxygen atoms in total. The predicted octanol–water partition coefficient (Wildman–Crippen LogP) is 3.36. The van der Waals surface area contributed by atoms with Crippen LogP contribution in [0, 0.1) is 23.7 Å². The fraction of sp³-hybridized carbons (Fsp3) is 0.875. The number of esters is 1. The molecule has 0 aliphatic heterocycles. The van der Waals surface area contributed by atoms with E-state index in [0.29, 0.717) is 12.2 Å². The summed E-state index contributed by atoms with van der Waals surface area (Å²) in [4.78, 5) is 24.2. The van der Waals surface area contributed by atoms with Gasteiger partial charge in [0.1, 0.15) is 11.4 Å². The van der Waals surface area contributed by atoms with Gasteiger partial charge >= 0.3 is 5.97 Å². The highest BCUT2D eigenvalue weighted by atomic mass is 16.6. The van der Waals surface area contributed by atoms with Crippen molar-refractivity contribution in [3.8, 4) is 0 Å². The smallest absolute Gasteiger partial charge is 0.310 e. The molecule has 2 atom stereocenters. The van der Waals surface area contributed by atoms with E-state index in [2.05, 4.69) is 6.92 Å². The standard InChI is InChI=1S/C16H26O3/c1-10-5-7-11(8-6-10)14(17)12-9-13(12)15(18)19-16(2,3)4/h10-13H,5-9H2,1-4H3/t10?,11?,12-,13-/m1/s1. The molecule has 0 aromatic carbocycles. The normalized spacial score (nSPS) is 34.7. The third-order valence-electron chi connectivity index (χ3n) is 4.28. The van der Waals surface area contributed by atoms with Crippen molar-refractivity contribution in [1.82, 2.24) is 0 Å². The lowest BCUT2D eigenvalue weighted by Crippen LogP contribution is -2.27. The third kappa shape index (κ3) is 3.80. The number of ether oxygens (including phenoxy) is 1. The van der Waals surface area contributed by atoms with Crippen LogP contribution < -0.4 is 0 Å². The summed E-state index contributed by atoms with van der Waals surface area (Å²) in [5, 5.41) is 0. The van der Waals surface area contributed by atoms with E-state index in [4.69, 9.17) is 4.74 Å². The Kier molecular flexibility index (Phi) is 4.03. The van der Waals surface area contributed by atoms with Gasteiger partial charge in [-0.2, -0.15) is 0 Å². The number of hydrogen-bond acceptors (Lipinski definition) is 3. The van der Waals surface area contributed by atoms with Crippen molar-refractivity contribution in [3.05, 3.63) is 0 Å². The Labute approximate surface area is 116 Å². The Morgan fingerprint density at radius 3 is 2.11 bits per heavy atom. The molecule has 0 amide bonds. The van der Waals surface area contributed by atoms with Gasteiger partial charge < -0.3 is 4.74 Å². The van der Waals surface area contributed by atoms with Crippen molar-refractivity contribution in [2.45, 2.75) is 65.4 Å². The Hall–Kier alpha value is -0.860. The zero-order chi connectivity index (χ0) is 14.2.